The van der Waals surface area contributed by atoms with Gasteiger partial charge < -0.3 is 14.4 Å². The molecule has 0 bridgehead atoms. The molecular formula is C27H35N3O2S. The van der Waals surface area contributed by atoms with Crippen LogP contribution in [0.5, 0.6) is 0 Å². The Morgan fingerprint density at radius 3 is 2.58 bits per heavy atom. The third-order valence-electron chi connectivity index (χ3n) is 5.77. The van der Waals surface area contributed by atoms with Crippen molar-refractivity contribution in [2.75, 3.05) is 13.1 Å². The average Bonchev–Trinajstić information content (AvgIpc) is 3.46. The summed E-state index contributed by atoms with van der Waals surface area (Å²) in [4.78, 5) is 30.6. The smallest absolute Gasteiger partial charge is 0.264 e. The third-order valence-corrected chi connectivity index (χ3v) is 6.63. The topological polar surface area (TPSA) is 45.6 Å². The fourth-order valence-corrected chi connectivity index (χ4v) is 4.55. The van der Waals surface area contributed by atoms with Crippen molar-refractivity contribution >= 4 is 23.2 Å². The second-order valence-corrected chi connectivity index (χ2v) is 9.74. The molecule has 33 heavy (non-hydrogen) atoms. The van der Waals surface area contributed by atoms with Crippen molar-refractivity contribution in [1.29, 1.82) is 0 Å². The Balaban J connectivity index is 1.75. The summed E-state index contributed by atoms with van der Waals surface area (Å²) in [6.07, 6.45) is 4.02. The fourth-order valence-electron chi connectivity index (χ4n) is 3.87. The van der Waals surface area contributed by atoms with E-state index in [0.717, 1.165) is 25.1 Å². The minimum absolute atomic E-state index is 0.00892. The van der Waals surface area contributed by atoms with E-state index in [1.165, 1.54) is 22.5 Å². The Hall–Kier alpha value is -2.86. The number of hydrogen-bond donors (Lipinski definition) is 0. The van der Waals surface area contributed by atoms with Gasteiger partial charge in [0.05, 0.1) is 11.4 Å². The standard InChI is InChI=1S/C27H35N3O2S/c1-5-6-14-29(26(31)20-30(21(2)3)27(32)25-13-9-16-33-25)19-24-12-8-15-28(24)18-23-11-7-10-22(4)17-23/h7-13,15-17,21H,5-6,14,18-20H2,1-4H3. The van der Waals surface area contributed by atoms with Crippen molar-refractivity contribution in [2.45, 2.75) is 59.7 Å². The molecule has 0 aliphatic heterocycles. The van der Waals surface area contributed by atoms with Crippen LogP contribution in [-0.2, 0) is 17.9 Å². The molecule has 0 N–H and O–H groups in total. The zero-order chi connectivity index (χ0) is 23.8. The predicted octanol–water partition coefficient (Wildman–Crippen LogP) is 5.59. The summed E-state index contributed by atoms with van der Waals surface area (Å²) in [6, 6.07) is 16.3. The van der Waals surface area contributed by atoms with Gasteiger partial charge in [-0.05, 0) is 56.3 Å². The van der Waals surface area contributed by atoms with Crippen LogP contribution in [0.25, 0.3) is 0 Å². The number of nitrogens with zero attached hydrogens (tertiary/aromatic N) is 3. The van der Waals surface area contributed by atoms with Gasteiger partial charge >= 0.3 is 0 Å². The van der Waals surface area contributed by atoms with E-state index in [4.69, 9.17) is 0 Å². The number of hydrogen-bond acceptors (Lipinski definition) is 3. The number of benzene rings is 1. The van der Waals surface area contributed by atoms with Gasteiger partial charge in [0.15, 0.2) is 0 Å². The molecule has 0 aliphatic carbocycles. The molecular weight excluding hydrogens is 430 g/mol. The largest absolute Gasteiger partial charge is 0.345 e. The average molecular weight is 466 g/mol. The lowest BCUT2D eigenvalue weighted by Crippen LogP contribution is -2.46. The van der Waals surface area contributed by atoms with Crippen LogP contribution in [0, 0.1) is 6.92 Å². The molecule has 0 radical (unpaired) electrons. The molecule has 2 aromatic heterocycles. The number of aryl methyl sites for hydroxylation is 1. The van der Waals surface area contributed by atoms with Crippen LogP contribution in [0.2, 0.25) is 0 Å². The minimum Gasteiger partial charge on any atom is -0.345 e. The monoisotopic (exact) mass is 465 g/mol. The predicted molar refractivity (Wildman–Crippen MR) is 136 cm³/mol. The lowest BCUT2D eigenvalue weighted by molar-refractivity contribution is -0.133. The SMILES string of the molecule is CCCCN(Cc1cccn1Cc1cccc(C)c1)C(=O)CN(C(=O)c1cccs1)C(C)C. The summed E-state index contributed by atoms with van der Waals surface area (Å²) in [7, 11) is 0. The zero-order valence-corrected chi connectivity index (χ0v) is 21.0. The quantitative estimate of drug-likeness (QED) is 0.371. The van der Waals surface area contributed by atoms with E-state index >= 15 is 0 Å². The molecule has 0 saturated carbocycles. The first-order valence-corrected chi connectivity index (χ1v) is 12.6. The van der Waals surface area contributed by atoms with Crippen LogP contribution >= 0.6 is 11.3 Å². The highest BCUT2D eigenvalue weighted by molar-refractivity contribution is 7.12. The maximum Gasteiger partial charge on any atom is 0.264 e. The van der Waals surface area contributed by atoms with Crippen molar-refractivity contribution in [3.05, 3.63) is 81.8 Å². The highest BCUT2D eigenvalue weighted by Gasteiger charge is 2.25. The Bertz CT molecular complexity index is 1040. The van der Waals surface area contributed by atoms with Crippen LogP contribution in [0.4, 0.5) is 0 Å². The van der Waals surface area contributed by atoms with Crippen LogP contribution in [-0.4, -0.2) is 45.3 Å². The van der Waals surface area contributed by atoms with Gasteiger partial charge in [-0.3, -0.25) is 9.59 Å². The molecule has 0 saturated heterocycles. The molecule has 1 aromatic carbocycles. The van der Waals surface area contributed by atoms with E-state index in [2.05, 4.69) is 54.9 Å². The molecule has 176 valence electrons. The van der Waals surface area contributed by atoms with Gasteiger partial charge in [-0.15, -0.1) is 11.3 Å². The molecule has 2 amide bonds. The number of aromatic nitrogens is 1. The Kier molecular flexibility index (Phi) is 8.89. The third kappa shape index (κ3) is 6.81. The van der Waals surface area contributed by atoms with Crippen molar-refractivity contribution < 1.29 is 9.59 Å². The molecule has 0 atom stereocenters. The van der Waals surface area contributed by atoms with Gasteiger partial charge in [-0.1, -0.05) is 49.2 Å². The van der Waals surface area contributed by atoms with Crippen molar-refractivity contribution in [3.63, 3.8) is 0 Å². The van der Waals surface area contributed by atoms with Crippen molar-refractivity contribution in [1.82, 2.24) is 14.4 Å². The van der Waals surface area contributed by atoms with E-state index in [1.807, 2.05) is 42.3 Å². The van der Waals surface area contributed by atoms with Gasteiger partial charge in [0.25, 0.3) is 5.91 Å². The maximum atomic E-state index is 13.4. The fraction of sp³-hybridized carbons (Fsp3) is 0.407. The zero-order valence-electron chi connectivity index (χ0n) is 20.2. The van der Waals surface area contributed by atoms with Gasteiger partial charge in [0.2, 0.25) is 5.91 Å². The molecule has 6 heteroatoms. The molecule has 0 spiro atoms. The number of carbonyl (C=O) groups is 2. The number of unbranched alkanes of at least 4 members (excludes halogenated alkanes) is 1. The molecule has 0 unspecified atom stereocenters. The molecule has 3 rings (SSSR count). The second-order valence-electron chi connectivity index (χ2n) is 8.79. The second kappa shape index (κ2) is 11.8. The van der Waals surface area contributed by atoms with E-state index in [-0.39, 0.29) is 24.4 Å². The van der Waals surface area contributed by atoms with Crippen LogP contribution in [0.1, 0.15) is 60.1 Å². The first-order chi connectivity index (χ1) is 15.9. The Morgan fingerprint density at radius 2 is 1.91 bits per heavy atom. The van der Waals surface area contributed by atoms with Crippen LogP contribution in [0.15, 0.2) is 60.1 Å². The molecule has 0 fully saturated rings. The molecule has 5 nitrogen and oxygen atoms in total. The van der Waals surface area contributed by atoms with Gasteiger partial charge in [-0.2, -0.15) is 0 Å². The molecule has 0 aliphatic rings. The summed E-state index contributed by atoms with van der Waals surface area (Å²) in [5.41, 5.74) is 3.58. The van der Waals surface area contributed by atoms with Gasteiger partial charge in [0, 0.05) is 31.0 Å². The van der Waals surface area contributed by atoms with Crippen molar-refractivity contribution in [3.8, 4) is 0 Å². The molecule has 3 aromatic rings. The number of carbonyl (C=O) groups excluding carboxylic acids is 2. The first kappa shape index (κ1) is 24.8. The number of amides is 2. The van der Waals surface area contributed by atoms with Gasteiger partial charge in [-0.25, -0.2) is 0 Å². The highest BCUT2D eigenvalue weighted by Crippen LogP contribution is 2.16. The Labute approximate surface area is 201 Å². The highest BCUT2D eigenvalue weighted by atomic mass is 32.1. The first-order valence-electron chi connectivity index (χ1n) is 11.7. The Morgan fingerprint density at radius 1 is 1.09 bits per heavy atom. The number of thiophene rings is 1. The van der Waals surface area contributed by atoms with Gasteiger partial charge in [0.1, 0.15) is 6.54 Å². The summed E-state index contributed by atoms with van der Waals surface area (Å²) in [5, 5.41) is 1.89. The lowest BCUT2D eigenvalue weighted by atomic mass is 10.1. The summed E-state index contributed by atoms with van der Waals surface area (Å²) < 4.78 is 2.21. The lowest BCUT2D eigenvalue weighted by Gasteiger charge is -2.30. The van der Waals surface area contributed by atoms with E-state index in [1.54, 1.807) is 4.90 Å². The van der Waals surface area contributed by atoms with E-state index in [0.29, 0.717) is 18.0 Å². The summed E-state index contributed by atoms with van der Waals surface area (Å²) in [6.45, 7) is 10.2. The van der Waals surface area contributed by atoms with Crippen molar-refractivity contribution in [2.24, 2.45) is 0 Å². The summed E-state index contributed by atoms with van der Waals surface area (Å²) >= 11 is 1.41. The van der Waals surface area contributed by atoms with Crippen LogP contribution < -0.4 is 0 Å². The normalized spacial score (nSPS) is 11.1. The van der Waals surface area contributed by atoms with E-state index in [9.17, 15) is 9.59 Å². The molecule has 2 heterocycles. The summed E-state index contributed by atoms with van der Waals surface area (Å²) in [5.74, 6) is -0.0861. The number of rotatable bonds is 11. The minimum atomic E-state index is -0.0772. The van der Waals surface area contributed by atoms with E-state index < -0.39 is 0 Å². The van der Waals surface area contributed by atoms with Crippen LogP contribution in [0.3, 0.4) is 0 Å². The maximum absolute atomic E-state index is 13.4.